The quantitative estimate of drug-likeness (QED) is 0.717. The average molecular weight is 229 g/mol. The second-order valence-electron chi connectivity index (χ2n) is 4.37. The number of hydrogen-bond acceptors (Lipinski definition) is 2. The molecule has 0 fully saturated rings. The Morgan fingerprint density at radius 2 is 2.24 bits per heavy atom. The molecular weight excluding hydrogens is 214 g/mol. The van der Waals surface area contributed by atoms with Crippen molar-refractivity contribution in [1.29, 1.82) is 0 Å². The molecule has 0 atom stereocenters. The fraction of sp³-hybridized carbons (Fsp3) is 0.308. The molecule has 1 aromatic carbocycles. The summed E-state index contributed by atoms with van der Waals surface area (Å²) in [5.74, 6) is 0.0352. The highest BCUT2D eigenvalue weighted by atomic mass is 16.1. The van der Waals surface area contributed by atoms with E-state index in [1.165, 1.54) is 10.9 Å². The fourth-order valence-electron chi connectivity index (χ4n) is 2.59. The van der Waals surface area contributed by atoms with Crippen LogP contribution in [0.25, 0.3) is 10.9 Å². The largest absolute Gasteiger partial charge is 0.361 e. The molecule has 0 saturated carbocycles. The van der Waals surface area contributed by atoms with E-state index in [0.29, 0.717) is 6.54 Å². The van der Waals surface area contributed by atoms with Gasteiger partial charge in [-0.05, 0) is 42.6 Å². The van der Waals surface area contributed by atoms with Gasteiger partial charge in [-0.1, -0.05) is 0 Å². The number of aromatic nitrogens is 1. The molecule has 0 radical (unpaired) electrons. The molecule has 0 bridgehead atoms. The van der Waals surface area contributed by atoms with E-state index >= 15 is 0 Å². The van der Waals surface area contributed by atoms with Gasteiger partial charge in [0.15, 0.2) is 0 Å². The minimum absolute atomic E-state index is 0.0352. The third kappa shape index (κ3) is 1.52. The van der Waals surface area contributed by atoms with Gasteiger partial charge < -0.3 is 16.0 Å². The van der Waals surface area contributed by atoms with Crippen LogP contribution in [0.5, 0.6) is 0 Å². The first kappa shape index (κ1) is 10.4. The molecule has 1 aliphatic heterocycles. The number of H-pyrrole nitrogens is 1. The number of rotatable bonds is 2. The van der Waals surface area contributed by atoms with Gasteiger partial charge in [0.1, 0.15) is 0 Å². The molecule has 0 saturated heterocycles. The molecular formula is C13H15N3O. The molecule has 2 aromatic rings. The molecule has 4 heteroatoms. The summed E-state index contributed by atoms with van der Waals surface area (Å²) >= 11 is 0. The van der Waals surface area contributed by atoms with Crippen LogP contribution in [0.15, 0.2) is 18.3 Å². The van der Waals surface area contributed by atoms with E-state index in [-0.39, 0.29) is 5.91 Å². The molecule has 4 nitrogen and oxygen atoms in total. The molecule has 0 aliphatic carbocycles. The summed E-state index contributed by atoms with van der Waals surface area (Å²) in [5.41, 5.74) is 9.91. The Hall–Kier alpha value is -1.81. The minimum Gasteiger partial charge on any atom is -0.361 e. The van der Waals surface area contributed by atoms with Crippen LogP contribution in [-0.4, -0.2) is 24.0 Å². The Kier molecular flexibility index (Phi) is 2.37. The van der Waals surface area contributed by atoms with Crippen LogP contribution in [0.2, 0.25) is 0 Å². The van der Waals surface area contributed by atoms with E-state index in [1.807, 2.05) is 18.3 Å². The van der Waals surface area contributed by atoms with Gasteiger partial charge in [-0.2, -0.15) is 0 Å². The first-order chi connectivity index (χ1) is 8.31. The van der Waals surface area contributed by atoms with Crippen molar-refractivity contribution in [3.8, 4) is 0 Å². The lowest BCUT2D eigenvalue weighted by Crippen LogP contribution is -2.31. The predicted molar refractivity (Wildman–Crippen MR) is 67.1 cm³/mol. The molecule has 4 N–H and O–H groups in total. The minimum atomic E-state index is 0.0352. The highest BCUT2D eigenvalue weighted by molar-refractivity contribution is 6.02. The van der Waals surface area contributed by atoms with Crippen molar-refractivity contribution in [2.75, 3.05) is 13.1 Å². The van der Waals surface area contributed by atoms with Crippen molar-refractivity contribution >= 4 is 16.8 Å². The second kappa shape index (κ2) is 3.89. The van der Waals surface area contributed by atoms with Gasteiger partial charge in [0.25, 0.3) is 5.91 Å². The van der Waals surface area contributed by atoms with Crippen LogP contribution in [0.4, 0.5) is 0 Å². The Morgan fingerprint density at radius 1 is 1.35 bits per heavy atom. The van der Waals surface area contributed by atoms with Gasteiger partial charge in [0.2, 0.25) is 0 Å². The van der Waals surface area contributed by atoms with Gasteiger partial charge >= 0.3 is 0 Å². The summed E-state index contributed by atoms with van der Waals surface area (Å²) in [6.45, 7) is 1.35. The van der Waals surface area contributed by atoms with Gasteiger partial charge in [0, 0.05) is 29.2 Å². The van der Waals surface area contributed by atoms with Gasteiger partial charge in [-0.3, -0.25) is 4.79 Å². The first-order valence-corrected chi connectivity index (χ1v) is 5.91. The van der Waals surface area contributed by atoms with Crippen molar-refractivity contribution in [2.24, 2.45) is 5.73 Å². The Labute approximate surface area is 99.2 Å². The molecule has 0 spiro atoms. The molecule has 0 unspecified atom stereocenters. The molecule has 17 heavy (non-hydrogen) atoms. The van der Waals surface area contributed by atoms with Crippen molar-refractivity contribution < 1.29 is 4.79 Å². The van der Waals surface area contributed by atoms with Crippen LogP contribution in [-0.2, 0) is 12.8 Å². The van der Waals surface area contributed by atoms with Crippen molar-refractivity contribution in [2.45, 2.75) is 12.8 Å². The summed E-state index contributed by atoms with van der Waals surface area (Å²) in [6, 6.07) is 3.87. The zero-order chi connectivity index (χ0) is 11.8. The summed E-state index contributed by atoms with van der Waals surface area (Å²) in [5, 5.41) is 4.07. The third-order valence-corrected chi connectivity index (χ3v) is 3.35. The zero-order valence-electron chi connectivity index (χ0n) is 9.55. The number of benzene rings is 1. The Balaban J connectivity index is 2.27. The first-order valence-electron chi connectivity index (χ1n) is 5.91. The maximum Gasteiger partial charge on any atom is 0.251 e. The average Bonchev–Trinajstić information content (AvgIpc) is 2.74. The van der Waals surface area contributed by atoms with Crippen LogP contribution in [0, 0.1) is 0 Å². The number of carbonyl (C=O) groups is 1. The van der Waals surface area contributed by atoms with E-state index in [4.69, 9.17) is 5.73 Å². The van der Waals surface area contributed by atoms with Crippen molar-refractivity contribution in [3.05, 3.63) is 35.0 Å². The number of fused-ring (bicyclic) bond motifs is 3. The van der Waals surface area contributed by atoms with Crippen LogP contribution < -0.4 is 11.1 Å². The van der Waals surface area contributed by atoms with Gasteiger partial charge in [-0.15, -0.1) is 0 Å². The predicted octanol–water partition coefficient (Wildman–Crippen LogP) is 0.955. The van der Waals surface area contributed by atoms with Crippen molar-refractivity contribution in [1.82, 2.24) is 10.3 Å². The monoisotopic (exact) mass is 229 g/mol. The van der Waals surface area contributed by atoms with Gasteiger partial charge in [-0.25, -0.2) is 0 Å². The number of amides is 1. The lowest BCUT2D eigenvalue weighted by Gasteiger charge is -2.17. The molecule has 1 aliphatic rings. The number of hydrogen-bond donors (Lipinski definition) is 3. The highest BCUT2D eigenvalue weighted by Crippen LogP contribution is 2.28. The Bertz CT molecular complexity index is 586. The smallest absolute Gasteiger partial charge is 0.251 e. The van der Waals surface area contributed by atoms with E-state index in [9.17, 15) is 4.79 Å². The normalized spacial score (nSPS) is 14.8. The summed E-state index contributed by atoms with van der Waals surface area (Å²) in [6.07, 6.45) is 3.75. The summed E-state index contributed by atoms with van der Waals surface area (Å²) in [7, 11) is 0. The number of carbonyl (C=O) groups excluding carboxylic acids is 1. The Morgan fingerprint density at radius 3 is 3.06 bits per heavy atom. The lowest BCUT2D eigenvalue weighted by atomic mass is 9.94. The van der Waals surface area contributed by atoms with Crippen LogP contribution >= 0.6 is 0 Å². The summed E-state index contributed by atoms with van der Waals surface area (Å²) in [4.78, 5) is 15.0. The van der Waals surface area contributed by atoms with E-state index in [2.05, 4.69) is 10.3 Å². The molecule has 2 heterocycles. The van der Waals surface area contributed by atoms with E-state index < -0.39 is 0 Å². The summed E-state index contributed by atoms with van der Waals surface area (Å²) < 4.78 is 0. The van der Waals surface area contributed by atoms with Gasteiger partial charge in [0.05, 0.1) is 0 Å². The number of aromatic amines is 1. The lowest BCUT2D eigenvalue weighted by molar-refractivity contribution is 0.0946. The molecule has 88 valence electrons. The highest BCUT2D eigenvalue weighted by Gasteiger charge is 2.20. The van der Waals surface area contributed by atoms with Crippen LogP contribution in [0.1, 0.15) is 21.5 Å². The third-order valence-electron chi connectivity index (χ3n) is 3.35. The van der Waals surface area contributed by atoms with E-state index in [0.717, 1.165) is 36.0 Å². The number of nitrogens with one attached hydrogen (secondary N) is 2. The molecule has 1 aromatic heterocycles. The standard InChI is InChI=1S/C13H15N3O/c14-5-3-8-7-16-11-2-1-10-9(12(8)11)4-6-15-13(10)17/h1-2,7,16H,3-6,14H2,(H,15,17). The topological polar surface area (TPSA) is 70.9 Å². The zero-order valence-corrected chi connectivity index (χ0v) is 9.55. The second-order valence-corrected chi connectivity index (χ2v) is 4.37. The van der Waals surface area contributed by atoms with E-state index in [1.54, 1.807) is 0 Å². The molecule has 1 amide bonds. The maximum atomic E-state index is 11.8. The SMILES string of the molecule is NCCc1c[nH]c2ccc3c(c12)CCNC3=O. The fourth-order valence-corrected chi connectivity index (χ4v) is 2.59. The van der Waals surface area contributed by atoms with Crippen molar-refractivity contribution in [3.63, 3.8) is 0 Å². The van der Waals surface area contributed by atoms with Crippen LogP contribution in [0.3, 0.4) is 0 Å². The maximum absolute atomic E-state index is 11.8. The molecule has 3 rings (SSSR count). The number of nitrogens with two attached hydrogens (primary N) is 1.